The van der Waals surface area contributed by atoms with Gasteiger partial charge in [-0.15, -0.1) is 0 Å². The number of anilines is 2. The molecule has 110 valence electrons. The third kappa shape index (κ3) is 3.97. The molecule has 1 aliphatic carbocycles. The largest absolute Gasteiger partial charge is 0.399 e. The van der Waals surface area contributed by atoms with E-state index < -0.39 is 6.10 Å². The monoisotopic (exact) mass is 276 g/mol. The lowest BCUT2D eigenvalue weighted by molar-refractivity contribution is -0.133. The van der Waals surface area contributed by atoms with E-state index in [9.17, 15) is 4.79 Å². The van der Waals surface area contributed by atoms with E-state index in [1.807, 2.05) is 6.92 Å². The van der Waals surface area contributed by atoms with Gasteiger partial charge in [-0.1, -0.05) is 19.8 Å². The molecule has 3 N–H and O–H groups in total. The van der Waals surface area contributed by atoms with Crippen molar-refractivity contribution in [3.05, 3.63) is 24.3 Å². The minimum atomic E-state index is -0.432. The molecule has 4 heteroatoms. The molecular weight excluding hydrogens is 252 g/mol. The first kappa shape index (κ1) is 14.9. The highest BCUT2D eigenvalue weighted by Gasteiger charge is 2.26. The summed E-state index contributed by atoms with van der Waals surface area (Å²) in [7, 11) is 0. The van der Waals surface area contributed by atoms with Crippen LogP contribution < -0.4 is 11.1 Å². The second-order valence-corrected chi connectivity index (χ2v) is 5.69. The molecule has 0 radical (unpaired) electrons. The van der Waals surface area contributed by atoms with Crippen LogP contribution in [0.2, 0.25) is 0 Å². The number of benzene rings is 1. The highest BCUT2D eigenvalue weighted by Crippen LogP contribution is 2.27. The van der Waals surface area contributed by atoms with Crippen molar-refractivity contribution in [2.75, 3.05) is 11.1 Å². The number of nitrogens with one attached hydrogen (secondary N) is 1. The predicted molar refractivity (Wildman–Crippen MR) is 81.5 cm³/mol. The van der Waals surface area contributed by atoms with Crippen molar-refractivity contribution in [3.63, 3.8) is 0 Å². The second kappa shape index (κ2) is 6.75. The molecule has 0 spiro atoms. The van der Waals surface area contributed by atoms with E-state index in [0.717, 1.165) is 12.1 Å². The normalized spacial score (nSPS) is 24.1. The lowest BCUT2D eigenvalue weighted by atomic mass is 9.88. The smallest absolute Gasteiger partial charge is 0.253 e. The van der Waals surface area contributed by atoms with Crippen LogP contribution >= 0.6 is 0 Å². The Kier molecular flexibility index (Phi) is 5.01. The van der Waals surface area contributed by atoms with E-state index in [-0.39, 0.29) is 12.0 Å². The fourth-order valence-electron chi connectivity index (χ4n) is 2.62. The molecule has 3 atom stereocenters. The van der Waals surface area contributed by atoms with Gasteiger partial charge in [0.1, 0.15) is 6.10 Å². The predicted octanol–water partition coefficient (Wildman–Crippen LogP) is 3.19. The Balaban J connectivity index is 1.86. The second-order valence-electron chi connectivity index (χ2n) is 5.69. The van der Waals surface area contributed by atoms with Crippen LogP contribution in [0.25, 0.3) is 0 Å². The molecule has 1 aromatic rings. The number of hydrogen-bond acceptors (Lipinski definition) is 3. The summed E-state index contributed by atoms with van der Waals surface area (Å²) in [6.45, 7) is 4.02. The van der Waals surface area contributed by atoms with Crippen LogP contribution in [-0.4, -0.2) is 18.1 Å². The van der Waals surface area contributed by atoms with Crippen molar-refractivity contribution >= 4 is 17.3 Å². The van der Waals surface area contributed by atoms with Gasteiger partial charge in [0.05, 0.1) is 6.10 Å². The van der Waals surface area contributed by atoms with E-state index in [1.165, 1.54) is 19.3 Å². The Morgan fingerprint density at radius 3 is 2.60 bits per heavy atom. The molecule has 0 bridgehead atoms. The molecule has 1 amide bonds. The number of hydrogen-bond donors (Lipinski definition) is 2. The first-order valence-corrected chi connectivity index (χ1v) is 7.38. The number of carbonyl (C=O) groups excluding carboxylic acids is 1. The highest BCUT2D eigenvalue weighted by atomic mass is 16.5. The van der Waals surface area contributed by atoms with Gasteiger partial charge in [0, 0.05) is 11.4 Å². The molecule has 20 heavy (non-hydrogen) atoms. The van der Waals surface area contributed by atoms with Gasteiger partial charge >= 0.3 is 0 Å². The lowest BCUT2D eigenvalue weighted by Crippen LogP contribution is -2.35. The summed E-state index contributed by atoms with van der Waals surface area (Å²) >= 11 is 0. The van der Waals surface area contributed by atoms with E-state index in [2.05, 4.69) is 12.2 Å². The average Bonchev–Trinajstić information content (AvgIpc) is 2.44. The standard InChI is InChI=1S/C16H24N2O2/c1-11-5-3-4-6-15(11)20-12(2)16(19)18-14-9-7-13(17)8-10-14/h7-12,15H,3-6,17H2,1-2H3,(H,18,19). The zero-order valence-electron chi connectivity index (χ0n) is 12.3. The van der Waals surface area contributed by atoms with Crippen LogP contribution in [0.15, 0.2) is 24.3 Å². The van der Waals surface area contributed by atoms with Crippen LogP contribution in [0.4, 0.5) is 11.4 Å². The van der Waals surface area contributed by atoms with Gasteiger partial charge < -0.3 is 15.8 Å². The molecule has 2 rings (SSSR count). The lowest BCUT2D eigenvalue weighted by Gasteiger charge is -2.30. The first-order chi connectivity index (χ1) is 9.56. The summed E-state index contributed by atoms with van der Waals surface area (Å²) in [4.78, 5) is 12.1. The summed E-state index contributed by atoms with van der Waals surface area (Å²) in [5.74, 6) is 0.433. The molecule has 1 aromatic carbocycles. The van der Waals surface area contributed by atoms with Gasteiger partial charge in [-0.3, -0.25) is 4.79 Å². The van der Waals surface area contributed by atoms with Crippen molar-refractivity contribution in [3.8, 4) is 0 Å². The SMILES string of the molecule is CC(OC1CCCCC1C)C(=O)Nc1ccc(N)cc1. The summed E-state index contributed by atoms with van der Waals surface area (Å²) in [6.07, 6.45) is 4.49. The van der Waals surface area contributed by atoms with Crippen molar-refractivity contribution < 1.29 is 9.53 Å². The summed E-state index contributed by atoms with van der Waals surface area (Å²) in [6, 6.07) is 7.13. The highest BCUT2D eigenvalue weighted by molar-refractivity contribution is 5.94. The third-order valence-electron chi connectivity index (χ3n) is 3.96. The van der Waals surface area contributed by atoms with E-state index in [4.69, 9.17) is 10.5 Å². The molecule has 3 unspecified atom stereocenters. The van der Waals surface area contributed by atoms with Gasteiger partial charge in [-0.05, 0) is 49.9 Å². The van der Waals surface area contributed by atoms with E-state index >= 15 is 0 Å². The molecule has 0 heterocycles. The Hall–Kier alpha value is -1.55. The molecular formula is C16H24N2O2. The van der Waals surface area contributed by atoms with Crippen molar-refractivity contribution in [1.82, 2.24) is 0 Å². The number of ether oxygens (including phenoxy) is 1. The number of rotatable bonds is 4. The molecule has 1 aliphatic rings. The van der Waals surface area contributed by atoms with Crippen LogP contribution in [0, 0.1) is 5.92 Å². The Bertz CT molecular complexity index is 444. The Labute approximate surface area is 120 Å². The number of nitrogen functional groups attached to an aromatic ring is 1. The van der Waals surface area contributed by atoms with E-state index in [1.54, 1.807) is 24.3 Å². The molecule has 1 fully saturated rings. The van der Waals surface area contributed by atoms with Crippen LogP contribution in [0.3, 0.4) is 0 Å². The molecule has 0 saturated heterocycles. The Morgan fingerprint density at radius 2 is 1.95 bits per heavy atom. The topological polar surface area (TPSA) is 64.3 Å². The fourth-order valence-corrected chi connectivity index (χ4v) is 2.62. The zero-order chi connectivity index (χ0) is 14.5. The van der Waals surface area contributed by atoms with Crippen LogP contribution in [0.1, 0.15) is 39.5 Å². The summed E-state index contributed by atoms with van der Waals surface area (Å²) in [5.41, 5.74) is 7.05. The van der Waals surface area contributed by atoms with Crippen molar-refractivity contribution in [2.24, 2.45) is 5.92 Å². The maximum Gasteiger partial charge on any atom is 0.253 e. The van der Waals surface area contributed by atoms with Gasteiger partial charge in [0.2, 0.25) is 0 Å². The zero-order valence-corrected chi connectivity index (χ0v) is 12.3. The minimum Gasteiger partial charge on any atom is -0.399 e. The maximum atomic E-state index is 12.1. The van der Waals surface area contributed by atoms with Crippen molar-refractivity contribution in [1.29, 1.82) is 0 Å². The molecule has 1 saturated carbocycles. The van der Waals surface area contributed by atoms with Crippen LogP contribution in [-0.2, 0) is 9.53 Å². The summed E-state index contributed by atoms with van der Waals surface area (Å²) in [5, 5.41) is 2.85. The molecule has 0 aromatic heterocycles. The molecule has 4 nitrogen and oxygen atoms in total. The quantitative estimate of drug-likeness (QED) is 0.830. The summed E-state index contributed by atoms with van der Waals surface area (Å²) < 4.78 is 5.92. The van der Waals surface area contributed by atoms with Crippen molar-refractivity contribution in [2.45, 2.75) is 51.7 Å². The van der Waals surface area contributed by atoms with E-state index in [0.29, 0.717) is 11.6 Å². The van der Waals surface area contributed by atoms with Gasteiger partial charge in [-0.2, -0.15) is 0 Å². The molecule has 0 aliphatic heterocycles. The minimum absolute atomic E-state index is 0.104. The van der Waals surface area contributed by atoms with Crippen LogP contribution in [0.5, 0.6) is 0 Å². The average molecular weight is 276 g/mol. The van der Waals surface area contributed by atoms with Gasteiger partial charge in [0.15, 0.2) is 0 Å². The fraction of sp³-hybridized carbons (Fsp3) is 0.562. The van der Waals surface area contributed by atoms with Gasteiger partial charge in [0.25, 0.3) is 5.91 Å². The Morgan fingerprint density at radius 1 is 1.30 bits per heavy atom. The maximum absolute atomic E-state index is 12.1. The van der Waals surface area contributed by atoms with Gasteiger partial charge in [-0.25, -0.2) is 0 Å². The number of nitrogens with two attached hydrogens (primary N) is 1. The first-order valence-electron chi connectivity index (χ1n) is 7.38. The third-order valence-corrected chi connectivity index (χ3v) is 3.96. The number of amides is 1. The number of carbonyl (C=O) groups is 1.